The van der Waals surface area contributed by atoms with Crippen molar-refractivity contribution in [1.82, 2.24) is 10.2 Å². The van der Waals surface area contributed by atoms with Crippen LogP contribution in [0.3, 0.4) is 0 Å². The SMILES string of the molecule is CCCN1C(=O)N[C@@H](c2ccc(NC(=O)c3ccccc3C)cc2)C(C(=O)OC)=C1C. The zero-order valence-corrected chi connectivity index (χ0v) is 18.2. The van der Waals surface area contributed by atoms with Gasteiger partial charge in [-0.25, -0.2) is 9.59 Å². The summed E-state index contributed by atoms with van der Waals surface area (Å²) in [4.78, 5) is 39.2. The molecular formula is C24H27N3O4. The molecule has 0 saturated carbocycles. The van der Waals surface area contributed by atoms with Crippen molar-refractivity contribution in [3.05, 3.63) is 76.5 Å². The van der Waals surface area contributed by atoms with E-state index in [1.165, 1.54) is 7.11 Å². The number of nitrogens with zero attached hydrogens (tertiary/aromatic N) is 1. The minimum absolute atomic E-state index is 0.196. The van der Waals surface area contributed by atoms with Crippen molar-refractivity contribution in [2.75, 3.05) is 19.0 Å². The number of methoxy groups -OCH3 is 1. The monoisotopic (exact) mass is 421 g/mol. The van der Waals surface area contributed by atoms with E-state index in [0.29, 0.717) is 29.1 Å². The smallest absolute Gasteiger partial charge is 0.337 e. The number of urea groups is 1. The standard InChI is InChI=1S/C24H27N3O4/c1-5-14-27-16(3)20(23(29)31-4)21(26-24(27)30)17-10-12-18(13-11-17)25-22(28)19-9-7-6-8-15(19)2/h6-13,21H,5,14H2,1-4H3,(H,25,28)(H,26,30)/t21-/m0/s1. The van der Waals surface area contributed by atoms with E-state index in [2.05, 4.69) is 10.6 Å². The van der Waals surface area contributed by atoms with Gasteiger partial charge in [0.1, 0.15) is 0 Å². The van der Waals surface area contributed by atoms with Crippen LogP contribution in [0, 0.1) is 6.92 Å². The number of aryl methyl sites for hydroxylation is 1. The first-order chi connectivity index (χ1) is 14.9. The summed E-state index contributed by atoms with van der Waals surface area (Å²) in [6, 6.07) is 13.5. The van der Waals surface area contributed by atoms with Crippen LogP contribution in [0.5, 0.6) is 0 Å². The lowest BCUT2D eigenvalue weighted by atomic mass is 9.94. The predicted octanol–water partition coefficient (Wildman–Crippen LogP) is 4.17. The summed E-state index contributed by atoms with van der Waals surface area (Å²) < 4.78 is 4.98. The van der Waals surface area contributed by atoms with Crippen LogP contribution in [0.25, 0.3) is 0 Å². The van der Waals surface area contributed by atoms with E-state index in [-0.39, 0.29) is 11.9 Å². The van der Waals surface area contributed by atoms with Gasteiger partial charge >= 0.3 is 12.0 Å². The summed E-state index contributed by atoms with van der Waals surface area (Å²) in [5.41, 5.74) is 3.81. The lowest BCUT2D eigenvalue weighted by molar-refractivity contribution is -0.136. The Morgan fingerprint density at radius 2 is 1.77 bits per heavy atom. The van der Waals surface area contributed by atoms with Crippen molar-refractivity contribution in [3.63, 3.8) is 0 Å². The van der Waals surface area contributed by atoms with Crippen LogP contribution in [-0.4, -0.2) is 36.5 Å². The number of esters is 1. The molecule has 1 aliphatic rings. The van der Waals surface area contributed by atoms with Crippen molar-refractivity contribution in [2.24, 2.45) is 0 Å². The topological polar surface area (TPSA) is 87.7 Å². The summed E-state index contributed by atoms with van der Waals surface area (Å²) in [7, 11) is 1.32. The number of amides is 3. The number of allylic oxidation sites excluding steroid dienone is 1. The normalized spacial score (nSPS) is 16.1. The number of nitrogens with one attached hydrogen (secondary N) is 2. The fourth-order valence-electron chi connectivity index (χ4n) is 3.68. The van der Waals surface area contributed by atoms with Gasteiger partial charge in [-0.3, -0.25) is 9.69 Å². The van der Waals surface area contributed by atoms with Crippen LogP contribution >= 0.6 is 0 Å². The molecule has 31 heavy (non-hydrogen) atoms. The molecule has 3 amide bonds. The van der Waals surface area contributed by atoms with Gasteiger partial charge in [0.05, 0.1) is 18.7 Å². The molecule has 3 rings (SSSR count). The molecule has 2 aromatic carbocycles. The molecule has 7 heteroatoms. The zero-order valence-electron chi connectivity index (χ0n) is 18.2. The number of ether oxygens (including phenoxy) is 1. The molecule has 0 bridgehead atoms. The van der Waals surface area contributed by atoms with E-state index in [1.54, 1.807) is 42.2 Å². The molecule has 1 aliphatic heterocycles. The lowest BCUT2D eigenvalue weighted by Gasteiger charge is -2.35. The minimum atomic E-state index is -0.630. The highest BCUT2D eigenvalue weighted by molar-refractivity contribution is 6.05. The van der Waals surface area contributed by atoms with Crippen LogP contribution in [0.4, 0.5) is 10.5 Å². The van der Waals surface area contributed by atoms with E-state index >= 15 is 0 Å². The van der Waals surface area contributed by atoms with Crippen LogP contribution in [0.1, 0.15) is 47.8 Å². The third kappa shape index (κ3) is 4.60. The van der Waals surface area contributed by atoms with Gasteiger partial charge < -0.3 is 15.4 Å². The van der Waals surface area contributed by atoms with E-state index < -0.39 is 12.0 Å². The van der Waals surface area contributed by atoms with E-state index in [1.807, 2.05) is 32.0 Å². The third-order valence-electron chi connectivity index (χ3n) is 5.34. The van der Waals surface area contributed by atoms with Gasteiger partial charge in [0.25, 0.3) is 5.91 Å². The van der Waals surface area contributed by atoms with Gasteiger partial charge in [0.15, 0.2) is 0 Å². The Hall–Kier alpha value is -3.61. The van der Waals surface area contributed by atoms with Crippen molar-refractivity contribution >= 4 is 23.6 Å². The molecule has 1 heterocycles. The van der Waals surface area contributed by atoms with E-state index in [4.69, 9.17) is 4.74 Å². The Labute approximate surface area is 182 Å². The van der Waals surface area contributed by atoms with Crippen LogP contribution in [0.15, 0.2) is 59.8 Å². The number of hydrogen-bond acceptors (Lipinski definition) is 4. The second kappa shape index (κ2) is 9.47. The highest BCUT2D eigenvalue weighted by Crippen LogP contribution is 2.32. The number of benzene rings is 2. The lowest BCUT2D eigenvalue weighted by Crippen LogP contribution is -2.48. The molecular weight excluding hydrogens is 394 g/mol. The molecule has 0 spiro atoms. The number of rotatable bonds is 6. The molecule has 0 unspecified atom stereocenters. The average molecular weight is 421 g/mol. The largest absolute Gasteiger partial charge is 0.466 e. The predicted molar refractivity (Wildman–Crippen MR) is 119 cm³/mol. The van der Waals surface area contributed by atoms with E-state index in [9.17, 15) is 14.4 Å². The number of carbonyl (C=O) groups is 3. The second-order valence-corrected chi connectivity index (χ2v) is 7.42. The maximum atomic E-state index is 12.6. The number of anilines is 1. The fourth-order valence-corrected chi connectivity index (χ4v) is 3.68. The molecule has 1 atom stereocenters. The van der Waals surface area contributed by atoms with Crippen molar-refractivity contribution < 1.29 is 19.1 Å². The first-order valence-electron chi connectivity index (χ1n) is 10.2. The summed E-state index contributed by atoms with van der Waals surface area (Å²) >= 11 is 0. The Morgan fingerprint density at radius 1 is 1.10 bits per heavy atom. The average Bonchev–Trinajstić information content (AvgIpc) is 2.76. The molecule has 0 saturated heterocycles. The molecule has 2 aromatic rings. The van der Waals surface area contributed by atoms with Crippen molar-refractivity contribution in [1.29, 1.82) is 0 Å². The van der Waals surface area contributed by atoms with Crippen molar-refractivity contribution in [2.45, 2.75) is 33.2 Å². The highest BCUT2D eigenvalue weighted by Gasteiger charge is 2.35. The molecule has 0 fully saturated rings. The van der Waals surface area contributed by atoms with Gasteiger partial charge in [0, 0.05) is 23.5 Å². The second-order valence-electron chi connectivity index (χ2n) is 7.42. The zero-order chi connectivity index (χ0) is 22.5. The Bertz CT molecular complexity index is 1030. The maximum absolute atomic E-state index is 12.6. The van der Waals surface area contributed by atoms with Gasteiger partial charge in [-0.15, -0.1) is 0 Å². The third-order valence-corrected chi connectivity index (χ3v) is 5.34. The minimum Gasteiger partial charge on any atom is -0.466 e. The molecule has 0 aliphatic carbocycles. The molecule has 0 radical (unpaired) electrons. The first-order valence-corrected chi connectivity index (χ1v) is 10.2. The summed E-state index contributed by atoms with van der Waals surface area (Å²) in [5, 5.41) is 5.78. The molecule has 2 N–H and O–H groups in total. The highest BCUT2D eigenvalue weighted by atomic mass is 16.5. The molecule has 162 valence electrons. The summed E-state index contributed by atoms with van der Waals surface area (Å²) in [5.74, 6) is -0.682. The first kappa shape index (κ1) is 22.1. The Balaban J connectivity index is 1.86. The molecule has 7 nitrogen and oxygen atoms in total. The quantitative estimate of drug-likeness (QED) is 0.685. The van der Waals surface area contributed by atoms with Crippen molar-refractivity contribution in [3.8, 4) is 0 Å². The van der Waals surface area contributed by atoms with E-state index in [0.717, 1.165) is 17.5 Å². The Kier molecular flexibility index (Phi) is 6.74. The molecule has 0 aromatic heterocycles. The van der Waals surface area contributed by atoms with Gasteiger partial charge in [-0.1, -0.05) is 37.3 Å². The van der Waals surface area contributed by atoms with Crippen LogP contribution in [0.2, 0.25) is 0 Å². The Morgan fingerprint density at radius 3 is 2.39 bits per heavy atom. The van der Waals surface area contributed by atoms with Gasteiger partial charge in [0.2, 0.25) is 0 Å². The van der Waals surface area contributed by atoms with Gasteiger partial charge in [-0.05, 0) is 49.6 Å². The number of hydrogen-bond donors (Lipinski definition) is 2. The van der Waals surface area contributed by atoms with Crippen LogP contribution in [-0.2, 0) is 9.53 Å². The maximum Gasteiger partial charge on any atom is 0.337 e. The van der Waals surface area contributed by atoms with Crippen LogP contribution < -0.4 is 10.6 Å². The summed E-state index contributed by atoms with van der Waals surface area (Å²) in [6.07, 6.45) is 0.763. The fraction of sp³-hybridized carbons (Fsp3) is 0.292. The summed E-state index contributed by atoms with van der Waals surface area (Å²) in [6.45, 7) is 6.11. The number of carbonyl (C=O) groups excluding carboxylic acids is 3. The van der Waals surface area contributed by atoms with Gasteiger partial charge in [-0.2, -0.15) is 0 Å².